The molecule has 2 saturated heterocycles. The molecular weight excluding hydrogens is 276 g/mol. The van der Waals surface area contributed by atoms with E-state index in [-0.39, 0.29) is 11.8 Å². The van der Waals surface area contributed by atoms with Crippen molar-refractivity contribution in [1.82, 2.24) is 14.5 Å². The van der Waals surface area contributed by atoms with Gasteiger partial charge < -0.3 is 9.47 Å². The van der Waals surface area contributed by atoms with Crippen LogP contribution in [0, 0.1) is 11.8 Å². The van der Waals surface area contributed by atoms with Crippen molar-refractivity contribution in [2.75, 3.05) is 24.5 Å². The Morgan fingerprint density at radius 2 is 2.14 bits per heavy atom. The van der Waals surface area contributed by atoms with E-state index in [0.29, 0.717) is 5.92 Å². The van der Waals surface area contributed by atoms with Crippen LogP contribution in [0.1, 0.15) is 5.69 Å². The standard InChI is InChI=1S/C17H20N4O/c1-19-7-3-5-15(19)11-20-9-13-10-21(17(22)16(13)12-20)14-4-2-6-18-8-14/h2-8,13,16H,9-12H2,1H3/t13-,16-/m1/s1. The monoisotopic (exact) mass is 296 g/mol. The first-order valence-electron chi connectivity index (χ1n) is 7.76. The number of nitrogens with zero attached hydrogens (tertiary/aromatic N) is 4. The number of aromatic nitrogens is 2. The van der Waals surface area contributed by atoms with Gasteiger partial charge in [0, 0.05) is 57.2 Å². The Balaban J connectivity index is 1.45. The second kappa shape index (κ2) is 5.25. The van der Waals surface area contributed by atoms with E-state index in [1.54, 1.807) is 12.4 Å². The zero-order valence-electron chi connectivity index (χ0n) is 12.7. The van der Waals surface area contributed by atoms with Crippen LogP contribution in [0.5, 0.6) is 0 Å². The van der Waals surface area contributed by atoms with Crippen LogP contribution in [0.4, 0.5) is 5.69 Å². The molecule has 4 rings (SSSR count). The fraction of sp³-hybridized carbons (Fsp3) is 0.412. The molecule has 0 aromatic carbocycles. The number of fused-ring (bicyclic) bond motifs is 1. The minimum absolute atomic E-state index is 0.139. The van der Waals surface area contributed by atoms with Gasteiger partial charge >= 0.3 is 0 Å². The first-order valence-corrected chi connectivity index (χ1v) is 7.76. The molecule has 0 radical (unpaired) electrons. The predicted molar refractivity (Wildman–Crippen MR) is 84.3 cm³/mol. The van der Waals surface area contributed by atoms with Gasteiger partial charge in [0.15, 0.2) is 0 Å². The van der Waals surface area contributed by atoms with Gasteiger partial charge in [-0.3, -0.25) is 14.7 Å². The minimum Gasteiger partial charge on any atom is -0.353 e. The lowest BCUT2D eigenvalue weighted by Gasteiger charge is -2.21. The molecule has 2 atom stereocenters. The molecule has 1 amide bonds. The number of anilines is 1. The van der Waals surface area contributed by atoms with Crippen LogP contribution in [0.2, 0.25) is 0 Å². The third kappa shape index (κ3) is 2.22. The molecule has 2 aromatic rings. The van der Waals surface area contributed by atoms with Crippen molar-refractivity contribution in [3.05, 3.63) is 48.5 Å². The van der Waals surface area contributed by atoms with E-state index in [9.17, 15) is 4.79 Å². The van der Waals surface area contributed by atoms with Crippen molar-refractivity contribution in [2.24, 2.45) is 18.9 Å². The van der Waals surface area contributed by atoms with Gasteiger partial charge in [0.1, 0.15) is 0 Å². The van der Waals surface area contributed by atoms with Gasteiger partial charge in [-0.1, -0.05) is 0 Å². The van der Waals surface area contributed by atoms with Crippen LogP contribution in [0.25, 0.3) is 0 Å². The summed E-state index contributed by atoms with van der Waals surface area (Å²) >= 11 is 0. The zero-order chi connectivity index (χ0) is 15.1. The largest absolute Gasteiger partial charge is 0.353 e. The summed E-state index contributed by atoms with van der Waals surface area (Å²) in [6, 6.07) is 8.07. The van der Waals surface area contributed by atoms with Gasteiger partial charge in [-0.05, 0) is 24.3 Å². The maximum absolute atomic E-state index is 12.7. The molecule has 0 N–H and O–H groups in total. The molecule has 2 aliphatic rings. The summed E-state index contributed by atoms with van der Waals surface area (Å²) in [5.74, 6) is 0.834. The maximum Gasteiger partial charge on any atom is 0.231 e. The summed E-state index contributed by atoms with van der Waals surface area (Å²) in [5, 5.41) is 0. The Bertz CT molecular complexity index is 681. The number of hydrogen-bond acceptors (Lipinski definition) is 3. The Labute approximate surface area is 130 Å². The number of carbonyl (C=O) groups excluding carboxylic acids is 1. The van der Waals surface area contributed by atoms with E-state index < -0.39 is 0 Å². The zero-order valence-corrected chi connectivity index (χ0v) is 12.7. The second-order valence-electron chi connectivity index (χ2n) is 6.33. The SMILES string of the molecule is Cn1cccc1CN1C[C@@H]2CN(c3cccnc3)C(=O)[C@@H]2C1. The maximum atomic E-state index is 12.7. The van der Waals surface area contributed by atoms with Crippen molar-refractivity contribution in [3.63, 3.8) is 0 Å². The second-order valence-corrected chi connectivity index (χ2v) is 6.33. The van der Waals surface area contributed by atoms with Gasteiger partial charge in [0.05, 0.1) is 17.8 Å². The van der Waals surface area contributed by atoms with Gasteiger partial charge in [-0.25, -0.2) is 0 Å². The molecule has 22 heavy (non-hydrogen) atoms. The lowest BCUT2D eigenvalue weighted by Crippen LogP contribution is -2.32. The summed E-state index contributed by atoms with van der Waals surface area (Å²) in [4.78, 5) is 21.1. The van der Waals surface area contributed by atoms with Gasteiger partial charge in [0.2, 0.25) is 5.91 Å². The van der Waals surface area contributed by atoms with Crippen LogP contribution in [-0.2, 0) is 18.4 Å². The molecule has 114 valence electrons. The number of rotatable bonds is 3. The average Bonchev–Trinajstić information content (AvgIpc) is 3.19. The van der Waals surface area contributed by atoms with Crippen molar-refractivity contribution >= 4 is 11.6 Å². The third-order valence-electron chi connectivity index (χ3n) is 4.91. The summed E-state index contributed by atoms with van der Waals surface area (Å²) in [7, 11) is 2.07. The fourth-order valence-electron chi connectivity index (χ4n) is 3.72. The van der Waals surface area contributed by atoms with Gasteiger partial charge in [-0.2, -0.15) is 0 Å². The molecule has 0 saturated carbocycles. The average molecular weight is 296 g/mol. The van der Waals surface area contributed by atoms with Crippen molar-refractivity contribution in [1.29, 1.82) is 0 Å². The molecule has 0 spiro atoms. The summed E-state index contributed by atoms with van der Waals surface area (Å²) < 4.78 is 2.15. The van der Waals surface area contributed by atoms with Crippen molar-refractivity contribution in [2.45, 2.75) is 6.54 Å². The molecule has 0 aliphatic carbocycles. The van der Waals surface area contributed by atoms with E-state index in [4.69, 9.17) is 0 Å². The Morgan fingerprint density at radius 1 is 1.23 bits per heavy atom. The third-order valence-corrected chi connectivity index (χ3v) is 4.91. The predicted octanol–water partition coefficient (Wildman–Crippen LogP) is 1.51. The highest BCUT2D eigenvalue weighted by molar-refractivity contribution is 5.97. The highest BCUT2D eigenvalue weighted by atomic mass is 16.2. The van der Waals surface area contributed by atoms with E-state index in [1.807, 2.05) is 17.0 Å². The number of amides is 1. The van der Waals surface area contributed by atoms with Crippen LogP contribution in [0.3, 0.4) is 0 Å². The molecule has 0 unspecified atom stereocenters. The molecule has 0 bridgehead atoms. The quantitative estimate of drug-likeness (QED) is 0.862. The molecule has 4 heterocycles. The Kier molecular flexibility index (Phi) is 3.22. The number of likely N-dealkylation sites (tertiary alicyclic amines) is 1. The highest BCUT2D eigenvalue weighted by Gasteiger charge is 2.46. The topological polar surface area (TPSA) is 41.4 Å². The molecule has 2 aliphatic heterocycles. The Morgan fingerprint density at radius 3 is 2.82 bits per heavy atom. The summed E-state index contributed by atoms with van der Waals surface area (Å²) in [5.41, 5.74) is 2.23. The van der Waals surface area contributed by atoms with E-state index in [0.717, 1.165) is 31.9 Å². The number of carbonyl (C=O) groups is 1. The molecule has 5 nitrogen and oxygen atoms in total. The fourth-order valence-corrected chi connectivity index (χ4v) is 3.72. The first-order chi connectivity index (χ1) is 10.7. The molecule has 2 aromatic heterocycles. The number of aryl methyl sites for hydroxylation is 1. The van der Waals surface area contributed by atoms with Crippen LogP contribution < -0.4 is 4.90 Å². The molecular formula is C17H20N4O. The van der Waals surface area contributed by atoms with E-state index >= 15 is 0 Å². The van der Waals surface area contributed by atoms with E-state index in [1.165, 1.54) is 5.69 Å². The molecule has 2 fully saturated rings. The van der Waals surface area contributed by atoms with Crippen LogP contribution in [-0.4, -0.2) is 40.0 Å². The van der Waals surface area contributed by atoms with Gasteiger partial charge in [0.25, 0.3) is 0 Å². The normalized spacial score (nSPS) is 25.0. The lowest BCUT2D eigenvalue weighted by atomic mass is 10.0. The van der Waals surface area contributed by atoms with Crippen LogP contribution >= 0.6 is 0 Å². The summed E-state index contributed by atoms with van der Waals surface area (Å²) in [6.07, 6.45) is 5.59. The number of pyridine rings is 1. The number of hydrogen-bond donors (Lipinski definition) is 0. The van der Waals surface area contributed by atoms with Crippen molar-refractivity contribution < 1.29 is 4.79 Å². The smallest absolute Gasteiger partial charge is 0.231 e. The lowest BCUT2D eigenvalue weighted by molar-refractivity contribution is -0.120. The summed E-state index contributed by atoms with van der Waals surface area (Å²) in [6.45, 7) is 3.61. The highest BCUT2D eigenvalue weighted by Crippen LogP contribution is 2.35. The van der Waals surface area contributed by atoms with E-state index in [2.05, 4.69) is 39.8 Å². The van der Waals surface area contributed by atoms with Crippen molar-refractivity contribution in [3.8, 4) is 0 Å². The molecule has 5 heteroatoms. The Hall–Kier alpha value is -2.14. The minimum atomic E-state index is 0.139. The van der Waals surface area contributed by atoms with Gasteiger partial charge in [-0.15, -0.1) is 0 Å². The first kappa shape index (κ1) is 13.5. The van der Waals surface area contributed by atoms with Crippen LogP contribution in [0.15, 0.2) is 42.9 Å².